The average Bonchev–Trinajstić information content (AvgIpc) is 2.36. The SMILES string of the molecule is CC(C)[C@@H](O)c1nccs1. The molecule has 1 N–H and O–H groups in total. The quantitative estimate of drug-likeness (QED) is 0.710. The first kappa shape index (κ1) is 7.69. The molecule has 10 heavy (non-hydrogen) atoms. The highest BCUT2D eigenvalue weighted by Gasteiger charge is 2.13. The van der Waals surface area contributed by atoms with E-state index >= 15 is 0 Å². The normalized spacial score (nSPS) is 14.0. The zero-order valence-electron chi connectivity index (χ0n) is 6.11. The molecule has 0 radical (unpaired) electrons. The standard InChI is InChI=1S/C7H11NOS/c1-5(2)6(9)7-8-3-4-10-7/h3-6,9H,1-2H3/t6-/m1/s1. The van der Waals surface area contributed by atoms with Crippen molar-refractivity contribution in [2.24, 2.45) is 5.92 Å². The molecule has 1 heterocycles. The summed E-state index contributed by atoms with van der Waals surface area (Å²) in [7, 11) is 0. The summed E-state index contributed by atoms with van der Waals surface area (Å²) in [5.74, 6) is 0.256. The fraction of sp³-hybridized carbons (Fsp3) is 0.571. The summed E-state index contributed by atoms with van der Waals surface area (Å²) in [5, 5.41) is 12.1. The van der Waals surface area contributed by atoms with E-state index in [0.717, 1.165) is 5.01 Å². The molecule has 0 bridgehead atoms. The summed E-state index contributed by atoms with van der Waals surface area (Å²) in [6, 6.07) is 0. The van der Waals surface area contributed by atoms with Crippen molar-refractivity contribution in [2.75, 3.05) is 0 Å². The van der Waals surface area contributed by atoms with Crippen molar-refractivity contribution >= 4 is 11.3 Å². The van der Waals surface area contributed by atoms with Gasteiger partial charge in [-0.1, -0.05) is 13.8 Å². The lowest BCUT2D eigenvalue weighted by atomic mass is 10.1. The first-order valence-corrected chi connectivity index (χ1v) is 4.17. The molecule has 1 aromatic rings. The Morgan fingerprint density at radius 1 is 1.60 bits per heavy atom. The van der Waals surface area contributed by atoms with Crippen LogP contribution in [0, 0.1) is 5.92 Å². The molecule has 0 aliphatic heterocycles. The van der Waals surface area contributed by atoms with Crippen molar-refractivity contribution in [3.8, 4) is 0 Å². The number of thiazole rings is 1. The Labute approximate surface area is 64.5 Å². The molecule has 0 unspecified atom stereocenters. The zero-order chi connectivity index (χ0) is 7.56. The molecule has 1 aromatic heterocycles. The molecule has 3 heteroatoms. The highest BCUT2D eigenvalue weighted by molar-refractivity contribution is 7.09. The fourth-order valence-electron chi connectivity index (χ4n) is 0.666. The first-order chi connectivity index (χ1) is 4.72. The van der Waals surface area contributed by atoms with Crippen molar-refractivity contribution in [1.82, 2.24) is 4.98 Å². The van der Waals surface area contributed by atoms with Gasteiger partial charge in [0.1, 0.15) is 11.1 Å². The lowest BCUT2D eigenvalue weighted by molar-refractivity contribution is 0.126. The molecule has 0 aliphatic carbocycles. The van der Waals surface area contributed by atoms with Crippen LogP contribution in [-0.2, 0) is 0 Å². The number of rotatable bonds is 2. The van der Waals surface area contributed by atoms with Gasteiger partial charge in [-0.2, -0.15) is 0 Å². The Bertz CT molecular complexity index is 183. The molecule has 0 spiro atoms. The maximum absolute atomic E-state index is 9.43. The minimum absolute atomic E-state index is 0.256. The average molecular weight is 157 g/mol. The van der Waals surface area contributed by atoms with Gasteiger partial charge < -0.3 is 5.11 Å². The third-order valence-electron chi connectivity index (χ3n) is 1.34. The molecule has 2 nitrogen and oxygen atoms in total. The largest absolute Gasteiger partial charge is 0.386 e. The molecular formula is C7H11NOS. The predicted octanol–water partition coefficient (Wildman–Crippen LogP) is 1.83. The highest BCUT2D eigenvalue weighted by atomic mass is 32.1. The Morgan fingerprint density at radius 3 is 2.70 bits per heavy atom. The van der Waals surface area contributed by atoms with Crippen molar-refractivity contribution < 1.29 is 5.11 Å². The van der Waals surface area contributed by atoms with E-state index in [1.54, 1.807) is 6.20 Å². The van der Waals surface area contributed by atoms with E-state index in [-0.39, 0.29) is 12.0 Å². The summed E-state index contributed by atoms with van der Waals surface area (Å²) < 4.78 is 0. The molecule has 0 saturated heterocycles. The van der Waals surface area contributed by atoms with Crippen LogP contribution < -0.4 is 0 Å². The van der Waals surface area contributed by atoms with Crippen LogP contribution in [0.2, 0.25) is 0 Å². The van der Waals surface area contributed by atoms with Gasteiger partial charge in [0.05, 0.1) is 0 Å². The van der Waals surface area contributed by atoms with Crippen LogP contribution in [0.3, 0.4) is 0 Å². The number of nitrogens with zero attached hydrogens (tertiary/aromatic N) is 1. The van der Waals surface area contributed by atoms with Crippen LogP contribution in [0.5, 0.6) is 0 Å². The van der Waals surface area contributed by atoms with Crippen molar-refractivity contribution in [3.63, 3.8) is 0 Å². The summed E-state index contributed by atoms with van der Waals surface area (Å²) >= 11 is 1.50. The van der Waals surface area contributed by atoms with E-state index in [4.69, 9.17) is 0 Å². The predicted molar refractivity (Wildman–Crippen MR) is 41.9 cm³/mol. The van der Waals surface area contributed by atoms with Crippen LogP contribution in [-0.4, -0.2) is 10.1 Å². The van der Waals surface area contributed by atoms with E-state index in [0.29, 0.717) is 0 Å². The second-order valence-corrected chi connectivity index (χ2v) is 3.49. The van der Waals surface area contributed by atoms with Gasteiger partial charge >= 0.3 is 0 Å². The molecule has 1 rings (SSSR count). The van der Waals surface area contributed by atoms with Gasteiger partial charge in [0, 0.05) is 11.6 Å². The van der Waals surface area contributed by atoms with Crippen molar-refractivity contribution in [3.05, 3.63) is 16.6 Å². The van der Waals surface area contributed by atoms with E-state index in [1.807, 2.05) is 19.2 Å². The lowest BCUT2D eigenvalue weighted by Gasteiger charge is -2.09. The second kappa shape index (κ2) is 3.12. The Kier molecular flexibility index (Phi) is 2.40. The Morgan fingerprint density at radius 2 is 2.30 bits per heavy atom. The van der Waals surface area contributed by atoms with E-state index < -0.39 is 0 Å². The number of aliphatic hydroxyl groups excluding tert-OH is 1. The molecule has 0 aromatic carbocycles. The molecule has 1 atom stereocenters. The van der Waals surface area contributed by atoms with Gasteiger partial charge in [-0.05, 0) is 5.92 Å². The minimum Gasteiger partial charge on any atom is -0.386 e. The van der Waals surface area contributed by atoms with Crippen LogP contribution in [0.4, 0.5) is 0 Å². The molecular weight excluding hydrogens is 146 g/mol. The number of aliphatic hydroxyl groups is 1. The van der Waals surface area contributed by atoms with E-state index in [9.17, 15) is 5.11 Å². The molecule has 0 aliphatic rings. The van der Waals surface area contributed by atoms with Crippen LogP contribution in [0.15, 0.2) is 11.6 Å². The van der Waals surface area contributed by atoms with Crippen molar-refractivity contribution in [2.45, 2.75) is 20.0 Å². The van der Waals surface area contributed by atoms with Crippen LogP contribution >= 0.6 is 11.3 Å². The number of aromatic nitrogens is 1. The summed E-state index contributed by atoms with van der Waals surface area (Å²) in [6.07, 6.45) is 1.32. The topological polar surface area (TPSA) is 33.1 Å². The lowest BCUT2D eigenvalue weighted by Crippen LogP contribution is -2.04. The van der Waals surface area contributed by atoms with Gasteiger partial charge in [0.15, 0.2) is 0 Å². The fourth-order valence-corrected chi connectivity index (χ4v) is 1.46. The summed E-state index contributed by atoms with van der Waals surface area (Å²) in [6.45, 7) is 3.96. The smallest absolute Gasteiger partial charge is 0.121 e. The van der Waals surface area contributed by atoms with Crippen molar-refractivity contribution in [1.29, 1.82) is 0 Å². The van der Waals surface area contributed by atoms with Gasteiger partial charge in [-0.15, -0.1) is 11.3 Å². The molecule has 0 amide bonds. The van der Waals surface area contributed by atoms with Gasteiger partial charge in [0.2, 0.25) is 0 Å². The van der Waals surface area contributed by atoms with Gasteiger partial charge in [0.25, 0.3) is 0 Å². The first-order valence-electron chi connectivity index (χ1n) is 3.29. The minimum atomic E-state index is -0.389. The highest BCUT2D eigenvalue weighted by Crippen LogP contribution is 2.22. The monoisotopic (exact) mass is 157 g/mol. The molecule has 0 fully saturated rings. The Balaban J connectivity index is 2.68. The van der Waals surface area contributed by atoms with Gasteiger partial charge in [-0.3, -0.25) is 0 Å². The zero-order valence-corrected chi connectivity index (χ0v) is 6.93. The Hall–Kier alpha value is -0.410. The summed E-state index contributed by atoms with van der Waals surface area (Å²) in [4.78, 5) is 4.01. The third kappa shape index (κ3) is 1.55. The third-order valence-corrected chi connectivity index (χ3v) is 2.18. The van der Waals surface area contributed by atoms with Crippen LogP contribution in [0.25, 0.3) is 0 Å². The maximum Gasteiger partial charge on any atom is 0.121 e. The molecule has 56 valence electrons. The number of hydrogen-bond acceptors (Lipinski definition) is 3. The number of hydrogen-bond donors (Lipinski definition) is 1. The molecule has 0 saturated carbocycles. The van der Waals surface area contributed by atoms with Gasteiger partial charge in [-0.25, -0.2) is 4.98 Å². The van der Waals surface area contributed by atoms with E-state index in [1.165, 1.54) is 11.3 Å². The maximum atomic E-state index is 9.43. The summed E-state index contributed by atoms with van der Waals surface area (Å²) in [5.41, 5.74) is 0. The van der Waals surface area contributed by atoms with E-state index in [2.05, 4.69) is 4.98 Å². The van der Waals surface area contributed by atoms with Crippen LogP contribution in [0.1, 0.15) is 25.0 Å². The second-order valence-electron chi connectivity index (χ2n) is 2.56.